The van der Waals surface area contributed by atoms with Crippen molar-refractivity contribution in [2.45, 2.75) is 20.3 Å². The van der Waals surface area contributed by atoms with Crippen LogP contribution in [-0.2, 0) is 0 Å². The SMILES string of the molecule is CNCCCOc1c(C)cc(Br)cc1C.Cl. The quantitative estimate of drug-likeness (QED) is 0.841. The van der Waals surface area contributed by atoms with E-state index in [1.165, 1.54) is 11.1 Å². The third-order valence-corrected chi connectivity index (χ3v) is 2.70. The molecule has 0 saturated carbocycles. The molecular weight excluding hydrogens is 289 g/mol. The van der Waals surface area contributed by atoms with Gasteiger partial charge in [-0.1, -0.05) is 15.9 Å². The average molecular weight is 309 g/mol. The summed E-state index contributed by atoms with van der Waals surface area (Å²) in [7, 11) is 1.95. The van der Waals surface area contributed by atoms with Crippen LogP contribution in [0.1, 0.15) is 17.5 Å². The van der Waals surface area contributed by atoms with E-state index in [9.17, 15) is 0 Å². The fraction of sp³-hybridized carbons (Fsp3) is 0.500. The van der Waals surface area contributed by atoms with E-state index in [-0.39, 0.29) is 12.4 Å². The van der Waals surface area contributed by atoms with E-state index in [0.717, 1.165) is 29.8 Å². The van der Waals surface area contributed by atoms with Crippen LogP contribution < -0.4 is 10.1 Å². The van der Waals surface area contributed by atoms with E-state index in [4.69, 9.17) is 4.74 Å². The van der Waals surface area contributed by atoms with E-state index in [2.05, 4.69) is 47.2 Å². The van der Waals surface area contributed by atoms with Gasteiger partial charge in [0.25, 0.3) is 0 Å². The highest BCUT2D eigenvalue weighted by molar-refractivity contribution is 9.10. The van der Waals surface area contributed by atoms with E-state index < -0.39 is 0 Å². The zero-order valence-corrected chi connectivity index (χ0v) is 12.4. The third kappa shape index (κ3) is 4.73. The molecule has 0 heterocycles. The lowest BCUT2D eigenvalue weighted by molar-refractivity contribution is 0.306. The Bertz CT molecular complexity index is 308. The number of hydrogen-bond acceptors (Lipinski definition) is 2. The molecule has 1 aromatic carbocycles. The van der Waals surface area contributed by atoms with Gasteiger partial charge < -0.3 is 10.1 Å². The first-order valence-corrected chi connectivity index (χ1v) is 5.98. The van der Waals surface area contributed by atoms with Crippen molar-refractivity contribution in [2.75, 3.05) is 20.2 Å². The molecule has 2 nitrogen and oxygen atoms in total. The van der Waals surface area contributed by atoms with E-state index in [0.29, 0.717) is 0 Å². The summed E-state index contributed by atoms with van der Waals surface area (Å²) in [5.41, 5.74) is 2.37. The molecule has 0 aliphatic rings. The highest BCUT2D eigenvalue weighted by atomic mass is 79.9. The van der Waals surface area contributed by atoms with Gasteiger partial charge in [0, 0.05) is 4.47 Å². The Hall–Kier alpha value is -0.250. The third-order valence-electron chi connectivity index (χ3n) is 2.24. The number of rotatable bonds is 5. The Morgan fingerprint density at radius 2 is 1.81 bits per heavy atom. The molecule has 0 fully saturated rings. The number of aryl methyl sites for hydroxylation is 2. The largest absolute Gasteiger partial charge is 0.493 e. The molecule has 0 aromatic heterocycles. The van der Waals surface area contributed by atoms with Crippen LogP contribution in [0.3, 0.4) is 0 Å². The number of hydrogen-bond donors (Lipinski definition) is 1. The van der Waals surface area contributed by atoms with Gasteiger partial charge in [-0.2, -0.15) is 0 Å². The van der Waals surface area contributed by atoms with Crippen LogP contribution in [0.25, 0.3) is 0 Å². The summed E-state index contributed by atoms with van der Waals surface area (Å²) < 4.78 is 6.87. The van der Waals surface area contributed by atoms with Crippen LogP contribution in [-0.4, -0.2) is 20.2 Å². The predicted molar refractivity (Wildman–Crippen MR) is 74.9 cm³/mol. The van der Waals surface area contributed by atoms with E-state index >= 15 is 0 Å². The van der Waals surface area contributed by atoms with Crippen LogP contribution in [0, 0.1) is 13.8 Å². The Morgan fingerprint density at radius 1 is 1.25 bits per heavy atom. The van der Waals surface area contributed by atoms with Crippen molar-refractivity contribution < 1.29 is 4.74 Å². The molecule has 0 unspecified atom stereocenters. The van der Waals surface area contributed by atoms with Crippen molar-refractivity contribution in [3.8, 4) is 5.75 Å². The fourth-order valence-corrected chi connectivity index (χ4v) is 2.24. The molecule has 0 saturated heterocycles. The number of nitrogens with one attached hydrogen (secondary N) is 1. The highest BCUT2D eigenvalue weighted by Gasteiger charge is 2.04. The molecular formula is C12H19BrClNO. The van der Waals surface area contributed by atoms with Gasteiger partial charge in [-0.25, -0.2) is 0 Å². The summed E-state index contributed by atoms with van der Waals surface area (Å²) in [6.07, 6.45) is 1.03. The lowest BCUT2D eigenvalue weighted by Crippen LogP contribution is -2.12. The van der Waals surface area contributed by atoms with Crippen LogP contribution in [0.4, 0.5) is 0 Å². The van der Waals surface area contributed by atoms with Crippen molar-refractivity contribution in [3.05, 3.63) is 27.7 Å². The second-order valence-corrected chi connectivity index (χ2v) is 4.59. The molecule has 1 rings (SSSR count). The molecule has 0 aliphatic carbocycles. The van der Waals surface area contributed by atoms with Gasteiger partial charge in [-0.05, 0) is 57.1 Å². The van der Waals surface area contributed by atoms with Crippen LogP contribution in [0.5, 0.6) is 5.75 Å². The summed E-state index contributed by atoms with van der Waals surface area (Å²) in [6.45, 7) is 5.91. The van der Waals surface area contributed by atoms with Crippen molar-refractivity contribution in [2.24, 2.45) is 0 Å². The maximum absolute atomic E-state index is 5.76. The van der Waals surface area contributed by atoms with Gasteiger partial charge in [0.15, 0.2) is 0 Å². The molecule has 4 heteroatoms. The molecule has 16 heavy (non-hydrogen) atoms. The monoisotopic (exact) mass is 307 g/mol. The maximum atomic E-state index is 5.76. The Labute approximate surface area is 112 Å². The summed E-state index contributed by atoms with van der Waals surface area (Å²) >= 11 is 3.47. The lowest BCUT2D eigenvalue weighted by Gasteiger charge is -2.12. The van der Waals surface area contributed by atoms with Crippen molar-refractivity contribution in [1.82, 2.24) is 5.32 Å². The van der Waals surface area contributed by atoms with Crippen molar-refractivity contribution in [3.63, 3.8) is 0 Å². The Morgan fingerprint density at radius 3 is 2.31 bits per heavy atom. The first-order chi connectivity index (χ1) is 7.15. The van der Waals surface area contributed by atoms with Crippen LogP contribution >= 0.6 is 28.3 Å². The summed E-state index contributed by atoms with van der Waals surface area (Å²) in [4.78, 5) is 0. The first kappa shape index (κ1) is 15.8. The zero-order valence-electron chi connectivity index (χ0n) is 9.97. The normalized spacial score (nSPS) is 9.75. The molecule has 0 spiro atoms. The van der Waals surface area contributed by atoms with Gasteiger partial charge in [0.1, 0.15) is 5.75 Å². The minimum Gasteiger partial charge on any atom is -0.493 e. The number of ether oxygens (including phenoxy) is 1. The summed E-state index contributed by atoms with van der Waals surface area (Å²) in [6, 6.07) is 4.17. The Balaban J connectivity index is 0.00000225. The second-order valence-electron chi connectivity index (χ2n) is 3.67. The molecule has 92 valence electrons. The molecule has 0 aliphatic heterocycles. The van der Waals surface area contributed by atoms with Crippen molar-refractivity contribution >= 4 is 28.3 Å². The Kier molecular flexibility index (Phi) is 7.81. The van der Waals surface area contributed by atoms with Gasteiger partial charge in [-0.15, -0.1) is 12.4 Å². The van der Waals surface area contributed by atoms with E-state index in [1.54, 1.807) is 0 Å². The fourth-order valence-electron chi connectivity index (χ4n) is 1.55. The second kappa shape index (κ2) is 7.93. The minimum atomic E-state index is 0. The number of halogens is 2. The first-order valence-electron chi connectivity index (χ1n) is 5.19. The average Bonchev–Trinajstić information content (AvgIpc) is 2.15. The molecule has 0 bridgehead atoms. The molecule has 1 N–H and O–H groups in total. The number of benzene rings is 1. The van der Waals surface area contributed by atoms with Gasteiger partial charge >= 0.3 is 0 Å². The smallest absolute Gasteiger partial charge is 0.125 e. The van der Waals surface area contributed by atoms with Gasteiger partial charge in [0.05, 0.1) is 6.61 Å². The van der Waals surface area contributed by atoms with Crippen molar-refractivity contribution in [1.29, 1.82) is 0 Å². The summed E-state index contributed by atoms with van der Waals surface area (Å²) in [5.74, 6) is 1.02. The highest BCUT2D eigenvalue weighted by Crippen LogP contribution is 2.27. The zero-order chi connectivity index (χ0) is 11.3. The summed E-state index contributed by atoms with van der Waals surface area (Å²) in [5, 5.41) is 3.10. The predicted octanol–water partition coefficient (Wildman–Crippen LogP) is 3.48. The molecule has 1 aromatic rings. The topological polar surface area (TPSA) is 21.3 Å². The maximum Gasteiger partial charge on any atom is 0.125 e. The molecule has 0 amide bonds. The minimum absolute atomic E-state index is 0. The van der Waals surface area contributed by atoms with E-state index in [1.807, 2.05) is 7.05 Å². The van der Waals surface area contributed by atoms with Crippen LogP contribution in [0.2, 0.25) is 0 Å². The standard InChI is InChI=1S/C12H18BrNO.ClH/c1-9-7-11(13)8-10(2)12(9)15-6-4-5-14-3;/h7-8,14H,4-6H2,1-3H3;1H. The van der Waals surface area contributed by atoms with Gasteiger partial charge in [-0.3, -0.25) is 0 Å². The van der Waals surface area contributed by atoms with Gasteiger partial charge in [0.2, 0.25) is 0 Å². The molecule has 0 radical (unpaired) electrons. The lowest BCUT2D eigenvalue weighted by atomic mass is 10.1. The van der Waals surface area contributed by atoms with Crippen LogP contribution in [0.15, 0.2) is 16.6 Å². The molecule has 0 atom stereocenters.